The van der Waals surface area contributed by atoms with Crippen LogP contribution in [0.5, 0.6) is 0 Å². The van der Waals surface area contributed by atoms with Gasteiger partial charge in [-0.3, -0.25) is 0 Å². The average molecular weight is 144 g/mol. The SMILES string of the molecule is CC1(C)OCC[C@@H]1CCO. The van der Waals surface area contributed by atoms with E-state index in [1.807, 2.05) is 0 Å². The van der Waals surface area contributed by atoms with Crippen molar-refractivity contribution >= 4 is 0 Å². The minimum Gasteiger partial charge on any atom is -0.396 e. The number of ether oxygens (including phenoxy) is 1. The molecule has 1 atom stereocenters. The van der Waals surface area contributed by atoms with Crippen LogP contribution in [0, 0.1) is 5.92 Å². The minimum atomic E-state index is 0.00271. The second kappa shape index (κ2) is 2.89. The van der Waals surface area contributed by atoms with Crippen molar-refractivity contribution in [3.63, 3.8) is 0 Å². The van der Waals surface area contributed by atoms with E-state index in [9.17, 15) is 0 Å². The third-order valence-corrected chi connectivity index (χ3v) is 2.40. The van der Waals surface area contributed by atoms with Crippen molar-refractivity contribution < 1.29 is 9.84 Å². The van der Waals surface area contributed by atoms with Gasteiger partial charge in [-0.25, -0.2) is 0 Å². The second-order valence-electron chi connectivity index (χ2n) is 3.45. The highest BCUT2D eigenvalue weighted by Gasteiger charge is 2.34. The molecule has 0 aliphatic carbocycles. The molecule has 0 aromatic rings. The van der Waals surface area contributed by atoms with Crippen LogP contribution in [0.3, 0.4) is 0 Å². The van der Waals surface area contributed by atoms with Gasteiger partial charge in [0.1, 0.15) is 0 Å². The summed E-state index contributed by atoms with van der Waals surface area (Å²) in [6.45, 7) is 5.34. The van der Waals surface area contributed by atoms with Crippen LogP contribution in [-0.2, 0) is 4.74 Å². The van der Waals surface area contributed by atoms with Gasteiger partial charge in [-0.05, 0) is 32.6 Å². The highest BCUT2D eigenvalue weighted by molar-refractivity contribution is 4.84. The standard InChI is InChI=1S/C8H16O2/c1-8(2)7(3-5-9)4-6-10-8/h7,9H,3-6H2,1-2H3/t7-/m0/s1. The Morgan fingerprint density at radius 1 is 1.60 bits per heavy atom. The first-order chi connectivity index (χ1) is 4.67. The van der Waals surface area contributed by atoms with Crippen LogP contribution >= 0.6 is 0 Å². The normalized spacial score (nSPS) is 30.9. The van der Waals surface area contributed by atoms with Crippen molar-refractivity contribution in [2.75, 3.05) is 13.2 Å². The van der Waals surface area contributed by atoms with Gasteiger partial charge in [0.05, 0.1) is 5.60 Å². The summed E-state index contributed by atoms with van der Waals surface area (Å²) in [4.78, 5) is 0. The van der Waals surface area contributed by atoms with E-state index in [1.54, 1.807) is 0 Å². The molecule has 0 bridgehead atoms. The van der Waals surface area contributed by atoms with Crippen molar-refractivity contribution in [3.05, 3.63) is 0 Å². The van der Waals surface area contributed by atoms with Gasteiger partial charge < -0.3 is 9.84 Å². The summed E-state index contributed by atoms with van der Waals surface area (Å²) in [6, 6.07) is 0. The monoisotopic (exact) mass is 144 g/mol. The van der Waals surface area contributed by atoms with Gasteiger partial charge in [0.15, 0.2) is 0 Å². The maximum Gasteiger partial charge on any atom is 0.0656 e. The van der Waals surface area contributed by atoms with E-state index in [0.29, 0.717) is 5.92 Å². The summed E-state index contributed by atoms with van der Waals surface area (Å²) in [5.41, 5.74) is 0.00271. The Labute approximate surface area is 62.2 Å². The molecule has 0 radical (unpaired) electrons. The lowest BCUT2D eigenvalue weighted by atomic mass is 9.88. The van der Waals surface area contributed by atoms with E-state index in [-0.39, 0.29) is 12.2 Å². The van der Waals surface area contributed by atoms with Crippen LogP contribution in [0.25, 0.3) is 0 Å². The molecule has 0 saturated carbocycles. The first-order valence-corrected chi connectivity index (χ1v) is 3.91. The third kappa shape index (κ3) is 1.50. The fourth-order valence-electron chi connectivity index (χ4n) is 1.58. The Hall–Kier alpha value is -0.0800. The Balaban J connectivity index is 2.43. The van der Waals surface area contributed by atoms with Crippen LogP contribution in [0.15, 0.2) is 0 Å². The van der Waals surface area contributed by atoms with Crippen LogP contribution in [0.2, 0.25) is 0 Å². The smallest absolute Gasteiger partial charge is 0.0656 e. The quantitative estimate of drug-likeness (QED) is 0.630. The third-order valence-electron chi connectivity index (χ3n) is 2.40. The van der Waals surface area contributed by atoms with Gasteiger partial charge in [0.2, 0.25) is 0 Å². The van der Waals surface area contributed by atoms with Crippen LogP contribution in [0.1, 0.15) is 26.7 Å². The molecule has 0 aromatic carbocycles. The van der Waals surface area contributed by atoms with Gasteiger partial charge >= 0.3 is 0 Å². The molecule has 60 valence electrons. The van der Waals surface area contributed by atoms with Gasteiger partial charge in [-0.1, -0.05) is 0 Å². The van der Waals surface area contributed by atoms with Crippen LogP contribution in [-0.4, -0.2) is 23.9 Å². The number of hydrogen-bond donors (Lipinski definition) is 1. The van der Waals surface area contributed by atoms with Crippen molar-refractivity contribution in [2.45, 2.75) is 32.3 Å². The van der Waals surface area contributed by atoms with Crippen molar-refractivity contribution in [1.82, 2.24) is 0 Å². The van der Waals surface area contributed by atoms with E-state index in [1.165, 1.54) is 0 Å². The number of aliphatic hydroxyl groups is 1. The van der Waals surface area contributed by atoms with E-state index < -0.39 is 0 Å². The van der Waals surface area contributed by atoms with Gasteiger partial charge in [0.25, 0.3) is 0 Å². The van der Waals surface area contributed by atoms with Crippen LogP contribution < -0.4 is 0 Å². The predicted octanol–water partition coefficient (Wildman–Crippen LogP) is 1.18. The Morgan fingerprint density at radius 3 is 2.70 bits per heavy atom. The molecule has 1 aliphatic rings. The molecule has 1 fully saturated rings. The van der Waals surface area contributed by atoms with Crippen molar-refractivity contribution in [1.29, 1.82) is 0 Å². The van der Waals surface area contributed by atoms with E-state index in [0.717, 1.165) is 19.4 Å². The Bertz CT molecular complexity index is 110. The zero-order valence-electron chi connectivity index (χ0n) is 6.76. The number of hydrogen-bond acceptors (Lipinski definition) is 2. The summed E-state index contributed by atoms with van der Waals surface area (Å²) in [5, 5.41) is 8.70. The fourth-order valence-corrected chi connectivity index (χ4v) is 1.58. The summed E-state index contributed by atoms with van der Waals surface area (Å²) in [6.07, 6.45) is 1.99. The Kier molecular flexibility index (Phi) is 2.32. The fraction of sp³-hybridized carbons (Fsp3) is 1.00. The average Bonchev–Trinajstić information content (AvgIpc) is 2.13. The lowest BCUT2D eigenvalue weighted by molar-refractivity contribution is 0.00559. The molecular weight excluding hydrogens is 128 g/mol. The maximum atomic E-state index is 8.70. The molecule has 10 heavy (non-hydrogen) atoms. The summed E-state index contributed by atoms with van der Waals surface area (Å²) in [5.74, 6) is 0.553. The molecule has 1 saturated heterocycles. The second-order valence-corrected chi connectivity index (χ2v) is 3.45. The number of rotatable bonds is 2. The van der Waals surface area contributed by atoms with Gasteiger partial charge in [0, 0.05) is 13.2 Å². The van der Waals surface area contributed by atoms with E-state index in [4.69, 9.17) is 9.84 Å². The molecular formula is C8H16O2. The van der Waals surface area contributed by atoms with Crippen molar-refractivity contribution in [2.24, 2.45) is 5.92 Å². The molecule has 0 amide bonds. The largest absolute Gasteiger partial charge is 0.396 e. The predicted molar refractivity (Wildman–Crippen MR) is 39.8 cm³/mol. The summed E-state index contributed by atoms with van der Waals surface area (Å²) in [7, 11) is 0. The lowest BCUT2D eigenvalue weighted by Gasteiger charge is -2.24. The van der Waals surface area contributed by atoms with Crippen molar-refractivity contribution in [3.8, 4) is 0 Å². The molecule has 1 N–H and O–H groups in total. The molecule has 1 aliphatic heterocycles. The molecule has 0 spiro atoms. The number of aliphatic hydroxyl groups excluding tert-OH is 1. The van der Waals surface area contributed by atoms with Crippen LogP contribution in [0.4, 0.5) is 0 Å². The van der Waals surface area contributed by atoms with Gasteiger partial charge in [-0.15, -0.1) is 0 Å². The van der Waals surface area contributed by atoms with Gasteiger partial charge in [-0.2, -0.15) is 0 Å². The first kappa shape index (κ1) is 8.02. The molecule has 1 heterocycles. The minimum absolute atomic E-state index is 0.00271. The zero-order chi connectivity index (χ0) is 7.61. The highest BCUT2D eigenvalue weighted by atomic mass is 16.5. The molecule has 0 unspecified atom stereocenters. The summed E-state index contributed by atoms with van der Waals surface area (Å²) < 4.78 is 5.49. The zero-order valence-corrected chi connectivity index (χ0v) is 6.76. The first-order valence-electron chi connectivity index (χ1n) is 3.91. The highest BCUT2D eigenvalue weighted by Crippen LogP contribution is 2.33. The van der Waals surface area contributed by atoms with E-state index >= 15 is 0 Å². The molecule has 2 nitrogen and oxygen atoms in total. The Morgan fingerprint density at radius 2 is 2.30 bits per heavy atom. The molecule has 0 aromatic heterocycles. The topological polar surface area (TPSA) is 29.5 Å². The lowest BCUT2D eigenvalue weighted by Crippen LogP contribution is -2.27. The maximum absolute atomic E-state index is 8.70. The summed E-state index contributed by atoms with van der Waals surface area (Å²) >= 11 is 0. The molecule has 2 heteroatoms. The van der Waals surface area contributed by atoms with E-state index in [2.05, 4.69) is 13.8 Å². The molecule has 1 rings (SSSR count).